The Morgan fingerprint density at radius 2 is 1.93 bits per heavy atom. The summed E-state index contributed by atoms with van der Waals surface area (Å²) in [4.78, 5) is 20.6. The molecule has 0 aliphatic heterocycles. The summed E-state index contributed by atoms with van der Waals surface area (Å²) in [7, 11) is 0. The Labute approximate surface area is 89.0 Å². The van der Waals surface area contributed by atoms with Crippen LogP contribution in [0.1, 0.15) is 39.0 Å². The predicted octanol–water partition coefficient (Wildman–Crippen LogP) is 0.946. The van der Waals surface area contributed by atoms with Crippen LogP contribution in [0.5, 0.6) is 0 Å². The quantitative estimate of drug-likeness (QED) is 0.468. The number of carbonyl (C=O) groups is 2. The van der Waals surface area contributed by atoms with Crippen LogP contribution in [0.25, 0.3) is 0 Å². The minimum atomic E-state index is -0.984. The molecule has 1 atom stereocenters. The molecular weight excluding hydrogens is 200 g/mol. The number of rotatable bonds is 8. The van der Waals surface area contributed by atoms with Gasteiger partial charge in [-0.2, -0.15) is 0 Å². The molecule has 15 heavy (non-hydrogen) atoms. The number of hydrogen-bond acceptors (Lipinski definition) is 4. The summed E-state index contributed by atoms with van der Waals surface area (Å²) < 4.78 is 4.72. The first-order valence-corrected chi connectivity index (χ1v) is 5.05. The zero-order chi connectivity index (χ0) is 11.7. The molecule has 0 aromatic carbocycles. The summed E-state index contributed by atoms with van der Waals surface area (Å²) in [6.07, 6.45) is 1.83. The van der Waals surface area contributed by atoms with E-state index in [1.807, 2.05) is 0 Å². The Balaban J connectivity index is 3.23. The second-order valence-corrected chi connectivity index (χ2v) is 3.44. The van der Waals surface area contributed by atoms with Crippen LogP contribution < -0.4 is 0 Å². The maximum Gasteiger partial charge on any atom is 0.305 e. The fraction of sp³-hybridized carbons (Fsp3) is 0.800. The molecule has 0 spiro atoms. The largest absolute Gasteiger partial charge is 0.481 e. The smallest absolute Gasteiger partial charge is 0.305 e. The highest BCUT2D eigenvalue weighted by Gasteiger charge is 2.08. The van der Waals surface area contributed by atoms with E-state index < -0.39 is 12.1 Å². The number of aliphatic hydroxyl groups is 1. The summed E-state index contributed by atoms with van der Waals surface area (Å²) in [5.74, 6) is -1.27. The molecular formula is C10H18O5. The Kier molecular flexibility index (Phi) is 7.62. The molecule has 0 heterocycles. The molecule has 0 aromatic rings. The highest BCUT2D eigenvalue weighted by Crippen LogP contribution is 2.06. The van der Waals surface area contributed by atoms with Gasteiger partial charge in [0.2, 0.25) is 0 Å². The minimum Gasteiger partial charge on any atom is -0.481 e. The van der Waals surface area contributed by atoms with E-state index in [1.54, 1.807) is 0 Å². The fourth-order valence-electron chi connectivity index (χ4n) is 1.18. The molecule has 2 N–H and O–H groups in total. The molecule has 0 fully saturated rings. The number of esters is 1. The van der Waals surface area contributed by atoms with E-state index in [2.05, 4.69) is 0 Å². The van der Waals surface area contributed by atoms with Crippen LogP contribution in [0.4, 0.5) is 0 Å². The lowest BCUT2D eigenvalue weighted by Gasteiger charge is -2.07. The lowest BCUT2D eigenvalue weighted by Crippen LogP contribution is -2.12. The van der Waals surface area contributed by atoms with E-state index in [0.29, 0.717) is 13.0 Å². The third-order valence-corrected chi connectivity index (χ3v) is 1.90. The number of aliphatic hydroxyl groups excluding tert-OH is 1. The minimum absolute atomic E-state index is 0.204. The van der Waals surface area contributed by atoms with Gasteiger partial charge in [-0.05, 0) is 19.3 Å². The zero-order valence-electron chi connectivity index (χ0n) is 8.94. The Bertz CT molecular complexity index is 202. The number of aliphatic carboxylic acids is 1. The van der Waals surface area contributed by atoms with Crippen molar-refractivity contribution in [3.8, 4) is 0 Å². The van der Waals surface area contributed by atoms with Gasteiger partial charge in [-0.3, -0.25) is 9.59 Å². The SMILES string of the molecule is CC(=O)OCCCCC[C@@H](O)CC(=O)O. The normalized spacial score (nSPS) is 12.1. The van der Waals surface area contributed by atoms with Crippen LogP contribution in [0.3, 0.4) is 0 Å². The molecule has 0 unspecified atom stereocenters. The fourth-order valence-corrected chi connectivity index (χ4v) is 1.18. The van der Waals surface area contributed by atoms with E-state index in [0.717, 1.165) is 19.3 Å². The zero-order valence-corrected chi connectivity index (χ0v) is 8.94. The Morgan fingerprint density at radius 3 is 2.47 bits per heavy atom. The summed E-state index contributed by atoms with van der Waals surface area (Å²) in [6, 6.07) is 0. The van der Waals surface area contributed by atoms with Crippen molar-refractivity contribution >= 4 is 11.9 Å². The highest BCUT2D eigenvalue weighted by molar-refractivity contribution is 5.67. The molecule has 0 bridgehead atoms. The van der Waals surface area contributed by atoms with Gasteiger partial charge in [-0.15, -0.1) is 0 Å². The summed E-state index contributed by atoms with van der Waals surface area (Å²) in [6.45, 7) is 1.75. The van der Waals surface area contributed by atoms with Crippen molar-refractivity contribution in [3.05, 3.63) is 0 Å². The third-order valence-electron chi connectivity index (χ3n) is 1.90. The second-order valence-electron chi connectivity index (χ2n) is 3.44. The number of ether oxygens (including phenoxy) is 1. The van der Waals surface area contributed by atoms with E-state index in [4.69, 9.17) is 9.84 Å². The molecule has 0 rings (SSSR count). The lowest BCUT2D eigenvalue weighted by atomic mass is 10.1. The van der Waals surface area contributed by atoms with Crippen LogP contribution in [0.2, 0.25) is 0 Å². The van der Waals surface area contributed by atoms with Crippen LogP contribution in [-0.4, -0.2) is 34.9 Å². The molecule has 0 saturated carbocycles. The van der Waals surface area contributed by atoms with Gasteiger partial charge in [0.25, 0.3) is 0 Å². The van der Waals surface area contributed by atoms with Crippen LogP contribution >= 0.6 is 0 Å². The maximum atomic E-state index is 10.4. The van der Waals surface area contributed by atoms with Crippen molar-refractivity contribution in [2.45, 2.75) is 45.1 Å². The van der Waals surface area contributed by atoms with Gasteiger partial charge in [-0.25, -0.2) is 0 Å². The van der Waals surface area contributed by atoms with Crippen LogP contribution in [0, 0.1) is 0 Å². The molecule has 0 aliphatic carbocycles. The molecule has 5 heteroatoms. The first kappa shape index (κ1) is 13.9. The van der Waals surface area contributed by atoms with Gasteiger partial charge < -0.3 is 14.9 Å². The van der Waals surface area contributed by atoms with Gasteiger partial charge in [0.15, 0.2) is 0 Å². The Morgan fingerprint density at radius 1 is 1.27 bits per heavy atom. The number of hydrogen-bond donors (Lipinski definition) is 2. The molecule has 88 valence electrons. The van der Waals surface area contributed by atoms with Crippen molar-refractivity contribution in [1.82, 2.24) is 0 Å². The number of carboxylic acid groups (broad SMARTS) is 1. The number of carbonyl (C=O) groups excluding carboxylic acids is 1. The van der Waals surface area contributed by atoms with Crippen LogP contribution in [-0.2, 0) is 14.3 Å². The number of unbranched alkanes of at least 4 members (excludes halogenated alkanes) is 2. The number of carboxylic acids is 1. The maximum absolute atomic E-state index is 10.4. The van der Waals surface area contributed by atoms with Gasteiger partial charge in [0, 0.05) is 6.92 Å². The monoisotopic (exact) mass is 218 g/mol. The first-order chi connectivity index (χ1) is 7.02. The average Bonchev–Trinajstić information content (AvgIpc) is 2.09. The van der Waals surface area contributed by atoms with E-state index in [-0.39, 0.29) is 12.4 Å². The van der Waals surface area contributed by atoms with Crippen molar-refractivity contribution in [3.63, 3.8) is 0 Å². The average molecular weight is 218 g/mol. The van der Waals surface area contributed by atoms with Crippen LogP contribution in [0.15, 0.2) is 0 Å². The van der Waals surface area contributed by atoms with Crippen molar-refractivity contribution in [2.75, 3.05) is 6.61 Å². The van der Waals surface area contributed by atoms with Gasteiger partial charge in [0.1, 0.15) is 0 Å². The molecule has 5 nitrogen and oxygen atoms in total. The van der Waals surface area contributed by atoms with Crippen molar-refractivity contribution in [1.29, 1.82) is 0 Å². The molecule has 0 saturated heterocycles. The van der Waals surface area contributed by atoms with Gasteiger partial charge >= 0.3 is 11.9 Å². The lowest BCUT2D eigenvalue weighted by molar-refractivity contribution is -0.141. The molecule has 0 radical (unpaired) electrons. The van der Waals surface area contributed by atoms with E-state index in [9.17, 15) is 14.7 Å². The van der Waals surface area contributed by atoms with E-state index in [1.165, 1.54) is 6.92 Å². The molecule has 0 amide bonds. The Hall–Kier alpha value is -1.10. The summed E-state index contributed by atoms with van der Waals surface area (Å²) >= 11 is 0. The summed E-state index contributed by atoms with van der Waals surface area (Å²) in [5.41, 5.74) is 0. The van der Waals surface area contributed by atoms with Crippen molar-refractivity contribution in [2.24, 2.45) is 0 Å². The molecule has 0 aromatic heterocycles. The first-order valence-electron chi connectivity index (χ1n) is 5.05. The second kappa shape index (κ2) is 8.23. The third kappa shape index (κ3) is 10.8. The molecule has 0 aliphatic rings. The standard InChI is InChI=1S/C10H18O5/c1-8(11)15-6-4-2-3-5-9(12)7-10(13)14/h9,12H,2-7H2,1H3,(H,13,14)/t9-/m1/s1. The summed E-state index contributed by atoms with van der Waals surface area (Å²) in [5, 5.41) is 17.6. The topological polar surface area (TPSA) is 83.8 Å². The predicted molar refractivity (Wildman–Crippen MR) is 53.4 cm³/mol. The van der Waals surface area contributed by atoms with Crippen molar-refractivity contribution < 1.29 is 24.5 Å². The van der Waals surface area contributed by atoms with Gasteiger partial charge in [0.05, 0.1) is 19.1 Å². The van der Waals surface area contributed by atoms with Gasteiger partial charge in [-0.1, -0.05) is 6.42 Å². The van der Waals surface area contributed by atoms with E-state index >= 15 is 0 Å². The highest BCUT2D eigenvalue weighted by atomic mass is 16.5.